The monoisotopic (exact) mass is 230 g/mol. The van der Waals surface area contributed by atoms with Gasteiger partial charge in [-0.25, -0.2) is 0 Å². The Balaban J connectivity index is 2.22. The molecule has 1 N–H and O–H groups in total. The number of anilines is 1. The number of aromatic nitrogens is 2. The van der Waals surface area contributed by atoms with Gasteiger partial charge < -0.3 is 5.32 Å². The third-order valence-electron chi connectivity index (χ3n) is 3.60. The predicted molar refractivity (Wildman–Crippen MR) is 66.6 cm³/mol. The quantitative estimate of drug-likeness (QED) is 0.848. The minimum atomic E-state index is 0.438. The third kappa shape index (κ3) is 2.38. The second-order valence-electron chi connectivity index (χ2n) is 5.01. The lowest BCUT2D eigenvalue weighted by Gasteiger charge is -2.15. The summed E-state index contributed by atoms with van der Waals surface area (Å²) in [5.74, 6) is 1.41. The van der Waals surface area contributed by atoms with Crippen molar-refractivity contribution in [3.05, 3.63) is 16.8 Å². The lowest BCUT2D eigenvalue weighted by Crippen LogP contribution is -2.18. The SMILES string of the molecule is Cc1nnc(NC2CCC(C)C2)c(C#N)c1C. The van der Waals surface area contributed by atoms with Gasteiger partial charge in [0.05, 0.1) is 5.69 Å². The maximum absolute atomic E-state index is 9.19. The highest BCUT2D eigenvalue weighted by atomic mass is 15.2. The van der Waals surface area contributed by atoms with Crippen molar-refractivity contribution < 1.29 is 0 Å². The molecule has 1 aliphatic rings. The molecule has 2 atom stereocenters. The second-order valence-corrected chi connectivity index (χ2v) is 5.01. The van der Waals surface area contributed by atoms with Gasteiger partial charge >= 0.3 is 0 Å². The number of nitrogens with zero attached hydrogens (tertiary/aromatic N) is 3. The number of aryl methyl sites for hydroxylation is 1. The van der Waals surface area contributed by atoms with Crippen LogP contribution in [0.15, 0.2) is 0 Å². The van der Waals surface area contributed by atoms with Crippen LogP contribution in [0.2, 0.25) is 0 Å². The highest BCUT2D eigenvalue weighted by molar-refractivity contribution is 5.56. The average Bonchev–Trinajstić information content (AvgIpc) is 2.70. The van der Waals surface area contributed by atoms with Gasteiger partial charge in [-0.1, -0.05) is 6.92 Å². The van der Waals surface area contributed by atoms with Crippen LogP contribution in [0.4, 0.5) is 5.82 Å². The fourth-order valence-corrected chi connectivity index (χ4v) is 2.38. The molecule has 1 saturated carbocycles. The smallest absolute Gasteiger partial charge is 0.167 e. The lowest BCUT2D eigenvalue weighted by molar-refractivity contribution is 0.602. The van der Waals surface area contributed by atoms with E-state index in [0.29, 0.717) is 17.4 Å². The number of nitriles is 1. The Morgan fingerprint density at radius 2 is 2.06 bits per heavy atom. The Morgan fingerprint density at radius 1 is 1.29 bits per heavy atom. The largest absolute Gasteiger partial charge is 0.365 e. The Morgan fingerprint density at radius 3 is 2.65 bits per heavy atom. The third-order valence-corrected chi connectivity index (χ3v) is 3.60. The van der Waals surface area contributed by atoms with E-state index in [1.807, 2.05) is 13.8 Å². The van der Waals surface area contributed by atoms with Crippen LogP contribution in [0.1, 0.15) is 43.0 Å². The van der Waals surface area contributed by atoms with E-state index >= 15 is 0 Å². The van der Waals surface area contributed by atoms with Crippen LogP contribution in [0.5, 0.6) is 0 Å². The molecule has 0 amide bonds. The van der Waals surface area contributed by atoms with E-state index in [-0.39, 0.29) is 0 Å². The van der Waals surface area contributed by atoms with E-state index in [1.165, 1.54) is 6.42 Å². The molecule has 0 saturated heterocycles. The first-order valence-corrected chi connectivity index (χ1v) is 6.12. The summed E-state index contributed by atoms with van der Waals surface area (Å²) in [6.45, 7) is 6.06. The highest BCUT2D eigenvalue weighted by Crippen LogP contribution is 2.28. The van der Waals surface area contributed by atoms with E-state index in [1.54, 1.807) is 0 Å². The molecule has 0 aromatic carbocycles. The summed E-state index contributed by atoms with van der Waals surface area (Å²) in [5.41, 5.74) is 2.39. The van der Waals surface area contributed by atoms with Crippen molar-refractivity contribution in [1.82, 2.24) is 10.2 Å². The Hall–Kier alpha value is -1.63. The van der Waals surface area contributed by atoms with Crippen LogP contribution in [0, 0.1) is 31.1 Å². The molecular weight excluding hydrogens is 212 g/mol. The zero-order chi connectivity index (χ0) is 12.4. The fourth-order valence-electron chi connectivity index (χ4n) is 2.38. The van der Waals surface area contributed by atoms with E-state index in [2.05, 4.69) is 28.5 Å². The molecule has 0 bridgehead atoms. The van der Waals surface area contributed by atoms with Crippen LogP contribution >= 0.6 is 0 Å². The topological polar surface area (TPSA) is 61.6 Å². The molecule has 1 aliphatic carbocycles. The summed E-state index contributed by atoms with van der Waals surface area (Å²) < 4.78 is 0. The van der Waals surface area contributed by atoms with Crippen molar-refractivity contribution in [2.75, 3.05) is 5.32 Å². The minimum Gasteiger partial charge on any atom is -0.365 e. The van der Waals surface area contributed by atoms with Crippen molar-refractivity contribution in [2.24, 2.45) is 5.92 Å². The van der Waals surface area contributed by atoms with Crippen molar-refractivity contribution in [2.45, 2.75) is 46.1 Å². The van der Waals surface area contributed by atoms with Crippen LogP contribution in [-0.2, 0) is 0 Å². The first-order chi connectivity index (χ1) is 8.11. The van der Waals surface area contributed by atoms with Crippen LogP contribution in [0.3, 0.4) is 0 Å². The first kappa shape index (κ1) is 11.8. The summed E-state index contributed by atoms with van der Waals surface area (Å²) >= 11 is 0. The number of hydrogen-bond acceptors (Lipinski definition) is 4. The zero-order valence-corrected chi connectivity index (χ0v) is 10.6. The fraction of sp³-hybridized carbons (Fsp3) is 0.615. The van der Waals surface area contributed by atoms with Crippen molar-refractivity contribution in [3.8, 4) is 6.07 Å². The number of rotatable bonds is 2. The molecule has 1 fully saturated rings. The predicted octanol–water partition coefficient (Wildman–Crippen LogP) is 2.57. The molecule has 0 radical (unpaired) electrons. The molecule has 17 heavy (non-hydrogen) atoms. The molecule has 1 aromatic rings. The molecule has 1 aromatic heterocycles. The van der Waals surface area contributed by atoms with E-state index in [9.17, 15) is 5.26 Å². The molecule has 2 unspecified atom stereocenters. The van der Waals surface area contributed by atoms with Crippen molar-refractivity contribution >= 4 is 5.82 Å². The molecule has 90 valence electrons. The summed E-state index contributed by atoms with van der Waals surface area (Å²) in [6.07, 6.45) is 3.55. The first-order valence-electron chi connectivity index (χ1n) is 6.12. The minimum absolute atomic E-state index is 0.438. The van der Waals surface area contributed by atoms with Crippen LogP contribution in [0.25, 0.3) is 0 Å². The summed E-state index contributed by atoms with van der Waals surface area (Å²) in [4.78, 5) is 0. The Bertz CT molecular complexity index is 461. The molecule has 4 nitrogen and oxygen atoms in total. The maximum Gasteiger partial charge on any atom is 0.167 e. The van der Waals surface area contributed by atoms with Gasteiger partial charge in [0.25, 0.3) is 0 Å². The van der Waals surface area contributed by atoms with E-state index < -0.39 is 0 Å². The van der Waals surface area contributed by atoms with Crippen LogP contribution in [-0.4, -0.2) is 16.2 Å². The Labute approximate surface area is 102 Å². The summed E-state index contributed by atoms with van der Waals surface area (Å²) in [5, 5.41) is 20.8. The normalized spacial score (nSPS) is 23.4. The van der Waals surface area contributed by atoms with Gasteiger partial charge in [-0.2, -0.15) is 10.4 Å². The summed E-state index contributed by atoms with van der Waals surface area (Å²) in [7, 11) is 0. The molecule has 0 spiro atoms. The van der Waals surface area contributed by atoms with Crippen molar-refractivity contribution in [3.63, 3.8) is 0 Å². The molecule has 1 heterocycles. The number of nitrogens with one attached hydrogen (secondary N) is 1. The van der Waals surface area contributed by atoms with Gasteiger partial charge in [0, 0.05) is 6.04 Å². The van der Waals surface area contributed by atoms with Gasteiger partial charge in [0.1, 0.15) is 11.6 Å². The highest BCUT2D eigenvalue weighted by Gasteiger charge is 2.23. The van der Waals surface area contributed by atoms with Gasteiger partial charge in [0.15, 0.2) is 5.82 Å². The Kier molecular flexibility index (Phi) is 3.28. The molecule has 4 heteroatoms. The molecule has 0 aliphatic heterocycles. The van der Waals surface area contributed by atoms with E-state index in [0.717, 1.165) is 30.0 Å². The number of hydrogen-bond donors (Lipinski definition) is 1. The summed E-state index contributed by atoms with van der Waals surface area (Å²) in [6, 6.07) is 2.66. The van der Waals surface area contributed by atoms with Gasteiger partial charge in [-0.15, -0.1) is 5.10 Å². The van der Waals surface area contributed by atoms with Gasteiger partial charge in [-0.05, 0) is 44.6 Å². The van der Waals surface area contributed by atoms with Crippen molar-refractivity contribution in [1.29, 1.82) is 5.26 Å². The molecular formula is C13H18N4. The van der Waals surface area contributed by atoms with E-state index in [4.69, 9.17) is 0 Å². The van der Waals surface area contributed by atoms with Gasteiger partial charge in [0.2, 0.25) is 0 Å². The zero-order valence-electron chi connectivity index (χ0n) is 10.6. The maximum atomic E-state index is 9.19. The molecule has 2 rings (SSSR count). The standard InChI is InChI=1S/C13H18N4/c1-8-4-5-11(6-8)15-13-12(7-14)9(2)10(3)16-17-13/h8,11H,4-6H2,1-3H3,(H,15,17). The van der Waals surface area contributed by atoms with Gasteiger partial charge in [-0.3, -0.25) is 0 Å². The average molecular weight is 230 g/mol. The van der Waals surface area contributed by atoms with Crippen LogP contribution < -0.4 is 5.32 Å². The lowest BCUT2D eigenvalue weighted by atomic mass is 10.1. The second kappa shape index (κ2) is 4.70.